The Kier molecular flexibility index (Phi) is 4.50. The first-order valence-electron chi connectivity index (χ1n) is 7.31. The van der Waals surface area contributed by atoms with Crippen molar-refractivity contribution in [3.63, 3.8) is 0 Å². The van der Waals surface area contributed by atoms with Crippen LogP contribution in [0.15, 0.2) is 18.5 Å². The number of aromatic nitrogens is 1. The summed E-state index contributed by atoms with van der Waals surface area (Å²) in [6.07, 6.45) is 4.17. The van der Waals surface area contributed by atoms with Gasteiger partial charge in [-0.3, -0.25) is 9.80 Å². The average Bonchev–Trinajstić information content (AvgIpc) is 3.01. The normalized spacial score (nSPS) is 24.4. The molecular formula is C14H24N4O. The number of hydrogen-bond acceptors (Lipinski definition) is 4. The third-order valence-electron chi connectivity index (χ3n) is 4.13. The van der Waals surface area contributed by atoms with E-state index in [9.17, 15) is 0 Å². The molecule has 106 valence electrons. The van der Waals surface area contributed by atoms with Gasteiger partial charge in [0.15, 0.2) is 0 Å². The lowest BCUT2D eigenvalue weighted by Crippen LogP contribution is -2.49. The number of nitrogens with one attached hydrogen (secondary N) is 2. The molecule has 1 atom stereocenters. The number of H-pyrrole nitrogens is 1. The lowest BCUT2D eigenvalue weighted by atomic mass is 10.1. The van der Waals surface area contributed by atoms with Crippen molar-refractivity contribution in [1.29, 1.82) is 0 Å². The largest absolute Gasteiger partial charge is 0.379 e. The molecule has 1 unspecified atom stereocenters. The van der Waals surface area contributed by atoms with Crippen molar-refractivity contribution >= 4 is 0 Å². The van der Waals surface area contributed by atoms with Crippen LogP contribution in [-0.2, 0) is 4.74 Å². The molecule has 2 saturated heterocycles. The summed E-state index contributed by atoms with van der Waals surface area (Å²) in [5.74, 6) is 0. The zero-order valence-corrected chi connectivity index (χ0v) is 11.5. The second-order valence-corrected chi connectivity index (χ2v) is 5.36. The molecule has 2 aliphatic rings. The Balaban J connectivity index is 1.68. The Bertz CT molecular complexity index is 356. The second-order valence-electron chi connectivity index (χ2n) is 5.36. The average molecular weight is 264 g/mol. The smallest absolute Gasteiger partial charge is 0.0594 e. The molecule has 5 heteroatoms. The Morgan fingerprint density at radius 3 is 2.63 bits per heavy atom. The van der Waals surface area contributed by atoms with Gasteiger partial charge >= 0.3 is 0 Å². The second kappa shape index (κ2) is 6.52. The molecule has 19 heavy (non-hydrogen) atoms. The highest BCUT2D eigenvalue weighted by atomic mass is 16.5. The third-order valence-corrected chi connectivity index (χ3v) is 4.13. The van der Waals surface area contributed by atoms with E-state index in [1.54, 1.807) is 0 Å². The van der Waals surface area contributed by atoms with Crippen molar-refractivity contribution < 1.29 is 4.74 Å². The highest BCUT2D eigenvalue weighted by Gasteiger charge is 2.25. The van der Waals surface area contributed by atoms with Gasteiger partial charge in [0.2, 0.25) is 0 Å². The van der Waals surface area contributed by atoms with E-state index in [2.05, 4.69) is 32.4 Å². The molecule has 0 amide bonds. The first kappa shape index (κ1) is 13.1. The van der Waals surface area contributed by atoms with E-state index >= 15 is 0 Å². The number of nitrogens with zero attached hydrogens (tertiary/aromatic N) is 2. The molecule has 1 aromatic rings. The Hall–Kier alpha value is -0.880. The third kappa shape index (κ3) is 3.36. The van der Waals surface area contributed by atoms with Gasteiger partial charge < -0.3 is 15.0 Å². The summed E-state index contributed by atoms with van der Waals surface area (Å²) in [5.41, 5.74) is 1.40. The molecule has 0 radical (unpaired) electrons. The van der Waals surface area contributed by atoms with Crippen LogP contribution in [0.1, 0.15) is 11.6 Å². The van der Waals surface area contributed by atoms with Crippen LogP contribution >= 0.6 is 0 Å². The zero-order valence-electron chi connectivity index (χ0n) is 11.5. The van der Waals surface area contributed by atoms with Crippen molar-refractivity contribution in [2.75, 3.05) is 59.0 Å². The van der Waals surface area contributed by atoms with Crippen LogP contribution in [0.5, 0.6) is 0 Å². The number of piperazine rings is 1. The van der Waals surface area contributed by atoms with Crippen LogP contribution in [0.4, 0.5) is 0 Å². The lowest BCUT2D eigenvalue weighted by Gasteiger charge is -2.38. The standard InChI is InChI=1S/C14H24N4O/c1-2-16-11-13(1)14(18-7-9-19-10-8-18)12-17-5-3-15-4-6-17/h1-2,11,14-16H,3-10,12H2. The number of ether oxygens (including phenoxy) is 1. The highest BCUT2D eigenvalue weighted by molar-refractivity contribution is 5.15. The molecule has 2 aliphatic heterocycles. The number of hydrogen-bond donors (Lipinski definition) is 2. The molecule has 0 aromatic carbocycles. The maximum atomic E-state index is 5.48. The van der Waals surface area contributed by atoms with Gasteiger partial charge in [0.25, 0.3) is 0 Å². The minimum Gasteiger partial charge on any atom is -0.379 e. The van der Waals surface area contributed by atoms with Crippen LogP contribution in [0.25, 0.3) is 0 Å². The van der Waals surface area contributed by atoms with Crippen LogP contribution in [0, 0.1) is 0 Å². The summed E-state index contributed by atoms with van der Waals surface area (Å²) in [6.45, 7) is 9.48. The van der Waals surface area contributed by atoms with Crippen LogP contribution in [0.3, 0.4) is 0 Å². The highest BCUT2D eigenvalue weighted by Crippen LogP contribution is 2.22. The van der Waals surface area contributed by atoms with Crippen molar-refractivity contribution in [2.45, 2.75) is 6.04 Å². The molecule has 3 heterocycles. The minimum absolute atomic E-state index is 0.494. The summed E-state index contributed by atoms with van der Waals surface area (Å²) in [4.78, 5) is 8.34. The molecule has 3 rings (SSSR count). The monoisotopic (exact) mass is 264 g/mol. The quantitative estimate of drug-likeness (QED) is 0.820. The van der Waals surface area contributed by atoms with Crippen LogP contribution in [0.2, 0.25) is 0 Å². The van der Waals surface area contributed by atoms with Gasteiger partial charge in [0.05, 0.1) is 13.2 Å². The van der Waals surface area contributed by atoms with Crippen LogP contribution < -0.4 is 5.32 Å². The summed E-state index contributed by atoms with van der Waals surface area (Å²) in [5, 5.41) is 3.42. The van der Waals surface area contributed by atoms with Crippen molar-refractivity contribution in [2.24, 2.45) is 0 Å². The molecule has 0 spiro atoms. The molecular weight excluding hydrogens is 240 g/mol. The number of aromatic amines is 1. The first-order valence-corrected chi connectivity index (χ1v) is 7.31. The zero-order chi connectivity index (χ0) is 12.9. The van der Waals surface area contributed by atoms with E-state index in [0.29, 0.717) is 6.04 Å². The van der Waals surface area contributed by atoms with Crippen molar-refractivity contribution in [3.8, 4) is 0 Å². The predicted octanol–water partition coefficient (Wildman–Crippen LogP) is 0.293. The summed E-state index contributed by atoms with van der Waals surface area (Å²) in [7, 11) is 0. The van der Waals surface area contributed by atoms with E-state index in [-0.39, 0.29) is 0 Å². The van der Waals surface area contributed by atoms with Gasteiger partial charge in [0.1, 0.15) is 0 Å². The summed E-state index contributed by atoms with van der Waals surface area (Å²) in [6, 6.07) is 2.70. The van der Waals surface area contributed by atoms with E-state index in [1.807, 2.05) is 6.20 Å². The number of rotatable bonds is 4. The molecule has 1 aromatic heterocycles. The molecule has 5 nitrogen and oxygen atoms in total. The van der Waals surface area contributed by atoms with Gasteiger partial charge in [-0.05, 0) is 11.6 Å². The van der Waals surface area contributed by atoms with E-state index in [1.165, 1.54) is 5.56 Å². The lowest BCUT2D eigenvalue weighted by molar-refractivity contribution is 0.00671. The predicted molar refractivity (Wildman–Crippen MR) is 75.2 cm³/mol. The molecule has 2 fully saturated rings. The Labute approximate surface area is 114 Å². The van der Waals surface area contributed by atoms with E-state index < -0.39 is 0 Å². The fourth-order valence-corrected chi connectivity index (χ4v) is 3.00. The number of morpholine rings is 1. The van der Waals surface area contributed by atoms with Gasteiger partial charge in [-0.2, -0.15) is 0 Å². The minimum atomic E-state index is 0.494. The first-order chi connectivity index (χ1) is 9.43. The van der Waals surface area contributed by atoms with Crippen molar-refractivity contribution in [3.05, 3.63) is 24.0 Å². The molecule has 2 N–H and O–H groups in total. The SMILES string of the molecule is c1cc(C(CN2CCNCC2)N2CCOCC2)c[nH]1. The molecule has 0 saturated carbocycles. The maximum absolute atomic E-state index is 5.48. The topological polar surface area (TPSA) is 43.5 Å². The van der Waals surface area contributed by atoms with Gasteiger partial charge in [-0.1, -0.05) is 0 Å². The Morgan fingerprint density at radius 2 is 1.95 bits per heavy atom. The Morgan fingerprint density at radius 1 is 1.16 bits per heavy atom. The summed E-state index contributed by atoms with van der Waals surface area (Å²) < 4.78 is 5.48. The van der Waals surface area contributed by atoms with Gasteiger partial charge in [-0.15, -0.1) is 0 Å². The van der Waals surface area contributed by atoms with E-state index in [4.69, 9.17) is 4.74 Å². The van der Waals surface area contributed by atoms with Crippen LogP contribution in [-0.4, -0.2) is 73.8 Å². The van der Waals surface area contributed by atoms with E-state index in [0.717, 1.165) is 59.0 Å². The fourth-order valence-electron chi connectivity index (χ4n) is 3.00. The molecule has 0 bridgehead atoms. The van der Waals surface area contributed by atoms with Gasteiger partial charge in [0, 0.05) is 64.2 Å². The summed E-state index contributed by atoms with van der Waals surface area (Å²) >= 11 is 0. The van der Waals surface area contributed by atoms with Crippen molar-refractivity contribution in [1.82, 2.24) is 20.1 Å². The maximum Gasteiger partial charge on any atom is 0.0594 e. The van der Waals surface area contributed by atoms with Gasteiger partial charge in [-0.25, -0.2) is 0 Å². The molecule has 0 aliphatic carbocycles. The fraction of sp³-hybridized carbons (Fsp3) is 0.714.